The zero-order chi connectivity index (χ0) is 15.4. The molecule has 0 aliphatic heterocycles. The Bertz CT molecular complexity index is 726. The van der Waals surface area contributed by atoms with E-state index < -0.39 is 0 Å². The molecule has 0 amide bonds. The first-order chi connectivity index (χ1) is 10.7. The highest BCUT2D eigenvalue weighted by Crippen LogP contribution is 2.22. The topological polar surface area (TPSA) is 54.2 Å². The summed E-state index contributed by atoms with van der Waals surface area (Å²) in [5, 5.41) is 3.19. The molecule has 0 unspecified atom stereocenters. The van der Waals surface area contributed by atoms with Gasteiger partial charge in [-0.05, 0) is 31.2 Å². The van der Waals surface area contributed by atoms with Crippen molar-refractivity contribution in [2.75, 3.05) is 17.3 Å². The van der Waals surface area contributed by atoms with Gasteiger partial charge in [-0.15, -0.1) is 0 Å². The average molecular weight is 294 g/mol. The Balaban J connectivity index is 1.80. The van der Waals surface area contributed by atoms with Crippen LogP contribution in [0.2, 0.25) is 0 Å². The molecule has 0 bridgehead atoms. The van der Waals surface area contributed by atoms with Crippen molar-refractivity contribution in [2.45, 2.75) is 13.5 Å². The molecule has 2 heterocycles. The zero-order valence-corrected chi connectivity index (χ0v) is 12.7. The standard InChI is InChI=1S/C17H18N4O/c1-13-11-16(21(2)14-7-4-3-5-8-14)20-17(19-13)18-12-15-9-6-10-22-15/h3-11H,12H2,1-2H3,(H,18,19,20). The molecule has 0 atom stereocenters. The molecule has 5 nitrogen and oxygen atoms in total. The summed E-state index contributed by atoms with van der Waals surface area (Å²) in [6, 6.07) is 15.9. The molecule has 1 aromatic carbocycles. The second-order valence-corrected chi connectivity index (χ2v) is 5.02. The maximum absolute atomic E-state index is 5.30. The highest BCUT2D eigenvalue weighted by Gasteiger charge is 2.08. The first-order valence-electron chi connectivity index (χ1n) is 7.13. The largest absolute Gasteiger partial charge is 0.467 e. The Labute approximate surface area is 129 Å². The van der Waals surface area contributed by atoms with Gasteiger partial charge in [-0.1, -0.05) is 18.2 Å². The molecule has 3 rings (SSSR count). The first-order valence-corrected chi connectivity index (χ1v) is 7.13. The molecular weight excluding hydrogens is 276 g/mol. The summed E-state index contributed by atoms with van der Waals surface area (Å²) in [5.41, 5.74) is 1.99. The van der Waals surface area contributed by atoms with E-state index in [1.54, 1.807) is 6.26 Å². The summed E-state index contributed by atoms with van der Waals surface area (Å²) in [4.78, 5) is 11.0. The SMILES string of the molecule is Cc1cc(N(C)c2ccccc2)nc(NCc2ccco2)n1. The Kier molecular flexibility index (Phi) is 4.05. The number of benzene rings is 1. The lowest BCUT2D eigenvalue weighted by atomic mass is 10.3. The second kappa shape index (κ2) is 6.30. The maximum Gasteiger partial charge on any atom is 0.225 e. The van der Waals surface area contributed by atoms with Crippen LogP contribution < -0.4 is 10.2 Å². The number of anilines is 3. The van der Waals surface area contributed by atoms with Crippen molar-refractivity contribution in [2.24, 2.45) is 0 Å². The molecule has 0 saturated heterocycles. The van der Waals surface area contributed by atoms with Crippen LogP contribution in [0.3, 0.4) is 0 Å². The van der Waals surface area contributed by atoms with Gasteiger partial charge in [-0.25, -0.2) is 4.98 Å². The summed E-state index contributed by atoms with van der Waals surface area (Å²) in [5.74, 6) is 2.29. The molecule has 1 N–H and O–H groups in total. The van der Waals surface area contributed by atoms with Gasteiger partial charge in [0.15, 0.2) is 0 Å². The van der Waals surface area contributed by atoms with Crippen LogP contribution in [0, 0.1) is 6.92 Å². The molecule has 2 aromatic heterocycles. The summed E-state index contributed by atoms with van der Waals surface area (Å²) < 4.78 is 5.30. The van der Waals surface area contributed by atoms with E-state index in [0.29, 0.717) is 12.5 Å². The van der Waals surface area contributed by atoms with E-state index in [1.165, 1.54) is 0 Å². The Morgan fingerprint density at radius 1 is 1.09 bits per heavy atom. The van der Waals surface area contributed by atoms with Crippen LogP contribution >= 0.6 is 0 Å². The highest BCUT2D eigenvalue weighted by molar-refractivity contribution is 5.60. The Hall–Kier alpha value is -2.82. The van der Waals surface area contributed by atoms with Crippen molar-refractivity contribution in [1.82, 2.24) is 9.97 Å². The van der Waals surface area contributed by atoms with Gasteiger partial charge >= 0.3 is 0 Å². The van der Waals surface area contributed by atoms with E-state index in [-0.39, 0.29) is 0 Å². The van der Waals surface area contributed by atoms with Crippen LogP contribution in [0.4, 0.5) is 17.5 Å². The van der Waals surface area contributed by atoms with Crippen molar-refractivity contribution >= 4 is 17.5 Å². The molecule has 0 fully saturated rings. The number of nitrogens with one attached hydrogen (secondary N) is 1. The van der Waals surface area contributed by atoms with E-state index in [4.69, 9.17) is 4.42 Å². The third-order valence-corrected chi connectivity index (χ3v) is 3.33. The van der Waals surface area contributed by atoms with Gasteiger partial charge in [0.25, 0.3) is 0 Å². The number of hydrogen-bond donors (Lipinski definition) is 1. The molecule has 0 aliphatic carbocycles. The Morgan fingerprint density at radius 2 is 1.91 bits per heavy atom. The Morgan fingerprint density at radius 3 is 2.64 bits per heavy atom. The van der Waals surface area contributed by atoms with Crippen LogP contribution in [0.1, 0.15) is 11.5 Å². The zero-order valence-electron chi connectivity index (χ0n) is 12.7. The number of rotatable bonds is 5. The number of aromatic nitrogens is 2. The first kappa shape index (κ1) is 14.1. The fourth-order valence-electron chi connectivity index (χ4n) is 2.17. The summed E-state index contributed by atoms with van der Waals surface area (Å²) in [6.07, 6.45) is 1.66. The van der Waals surface area contributed by atoms with E-state index in [2.05, 4.69) is 15.3 Å². The number of hydrogen-bond acceptors (Lipinski definition) is 5. The van der Waals surface area contributed by atoms with Gasteiger partial charge in [0.05, 0.1) is 12.8 Å². The van der Waals surface area contributed by atoms with Crippen LogP contribution in [0.5, 0.6) is 0 Å². The van der Waals surface area contributed by atoms with Gasteiger partial charge in [-0.3, -0.25) is 0 Å². The number of para-hydroxylation sites is 1. The van der Waals surface area contributed by atoms with Crippen molar-refractivity contribution in [3.05, 3.63) is 66.2 Å². The van der Waals surface area contributed by atoms with Gasteiger partial charge in [0.2, 0.25) is 5.95 Å². The monoisotopic (exact) mass is 294 g/mol. The maximum atomic E-state index is 5.30. The molecular formula is C17H18N4O. The number of furan rings is 1. The van der Waals surface area contributed by atoms with E-state index in [0.717, 1.165) is 23.0 Å². The molecule has 0 spiro atoms. The quantitative estimate of drug-likeness (QED) is 0.776. The van der Waals surface area contributed by atoms with Gasteiger partial charge in [-0.2, -0.15) is 4.98 Å². The van der Waals surface area contributed by atoms with Crippen molar-refractivity contribution in [3.63, 3.8) is 0 Å². The normalized spacial score (nSPS) is 10.5. The third kappa shape index (κ3) is 3.25. The number of aryl methyl sites for hydroxylation is 1. The van der Waals surface area contributed by atoms with Crippen LogP contribution in [-0.2, 0) is 6.54 Å². The molecule has 0 aliphatic rings. The van der Waals surface area contributed by atoms with Crippen molar-refractivity contribution in [3.8, 4) is 0 Å². The average Bonchev–Trinajstić information content (AvgIpc) is 3.06. The minimum Gasteiger partial charge on any atom is -0.467 e. The summed E-state index contributed by atoms with van der Waals surface area (Å²) >= 11 is 0. The van der Waals surface area contributed by atoms with E-state index in [1.807, 2.05) is 67.4 Å². The minimum absolute atomic E-state index is 0.560. The lowest BCUT2D eigenvalue weighted by Crippen LogP contribution is -2.13. The van der Waals surface area contributed by atoms with Crippen LogP contribution in [0.25, 0.3) is 0 Å². The summed E-state index contributed by atoms with van der Waals surface area (Å²) in [7, 11) is 1.99. The molecule has 0 saturated carbocycles. The predicted octanol–water partition coefficient (Wildman–Crippen LogP) is 3.76. The fraction of sp³-hybridized carbons (Fsp3) is 0.176. The minimum atomic E-state index is 0.560. The van der Waals surface area contributed by atoms with Crippen LogP contribution in [-0.4, -0.2) is 17.0 Å². The molecule has 3 aromatic rings. The third-order valence-electron chi connectivity index (χ3n) is 3.33. The van der Waals surface area contributed by atoms with Gasteiger partial charge in [0.1, 0.15) is 11.6 Å². The molecule has 22 heavy (non-hydrogen) atoms. The number of nitrogens with zero attached hydrogens (tertiary/aromatic N) is 3. The van der Waals surface area contributed by atoms with Crippen molar-refractivity contribution < 1.29 is 4.42 Å². The molecule has 112 valence electrons. The van der Waals surface area contributed by atoms with Gasteiger partial charge < -0.3 is 14.6 Å². The lowest BCUT2D eigenvalue weighted by Gasteiger charge is -2.19. The molecule has 0 radical (unpaired) electrons. The summed E-state index contributed by atoms with van der Waals surface area (Å²) in [6.45, 7) is 2.52. The molecule has 5 heteroatoms. The van der Waals surface area contributed by atoms with E-state index in [9.17, 15) is 0 Å². The predicted molar refractivity (Wildman–Crippen MR) is 87.3 cm³/mol. The second-order valence-electron chi connectivity index (χ2n) is 5.02. The fourth-order valence-corrected chi connectivity index (χ4v) is 2.17. The lowest BCUT2D eigenvalue weighted by molar-refractivity contribution is 0.517. The van der Waals surface area contributed by atoms with Gasteiger partial charge in [0, 0.05) is 24.5 Å². The highest BCUT2D eigenvalue weighted by atomic mass is 16.3. The smallest absolute Gasteiger partial charge is 0.225 e. The van der Waals surface area contributed by atoms with Crippen molar-refractivity contribution in [1.29, 1.82) is 0 Å². The van der Waals surface area contributed by atoms with E-state index >= 15 is 0 Å². The van der Waals surface area contributed by atoms with Crippen LogP contribution in [0.15, 0.2) is 59.2 Å².